The number of amides is 2. The van der Waals surface area contributed by atoms with Crippen LogP contribution >= 0.6 is 0 Å². The number of carbonyl (C=O) groups is 4. The standard InChI is InChI=1S/C15H26N2O6/c1-8(2)12(16-10(4)18)13(19)17-11(15(21)23-6)7-9(3)14(20)22-5/h8-9,11-12H,7H2,1-6H3,(H,16,18)(H,17,19)/t9-,11-,12+/m0/s1. The molecule has 0 aliphatic carbocycles. The molecule has 0 bridgehead atoms. The van der Waals surface area contributed by atoms with Gasteiger partial charge in [0.05, 0.1) is 20.1 Å². The minimum Gasteiger partial charge on any atom is -0.469 e. The highest BCUT2D eigenvalue weighted by atomic mass is 16.5. The molecular formula is C15H26N2O6. The summed E-state index contributed by atoms with van der Waals surface area (Å²) in [5, 5.41) is 5.06. The molecule has 8 nitrogen and oxygen atoms in total. The van der Waals surface area contributed by atoms with Gasteiger partial charge in [-0.2, -0.15) is 0 Å². The zero-order valence-corrected chi connectivity index (χ0v) is 14.5. The highest BCUT2D eigenvalue weighted by molar-refractivity contribution is 5.90. The molecule has 0 fully saturated rings. The van der Waals surface area contributed by atoms with Crippen molar-refractivity contribution in [3.05, 3.63) is 0 Å². The molecule has 0 aromatic heterocycles. The van der Waals surface area contributed by atoms with Crippen LogP contribution < -0.4 is 10.6 Å². The fourth-order valence-electron chi connectivity index (χ4n) is 2.02. The number of methoxy groups -OCH3 is 2. The molecule has 2 amide bonds. The highest BCUT2D eigenvalue weighted by Gasteiger charge is 2.31. The van der Waals surface area contributed by atoms with Gasteiger partial charge in [-0.1, -0.05) is 20.8 Å². The molecule has 0 aliphatic rings. The van der Waals surface area contributed by atoms with Gasteiger partial charge in [-0.25, -0.2) is 4.79 Å². The molecule has 8 heteroatoms. The maximum Gasteiger partial charge on any atom is 0.328 e. The highest BCUT2D eigenvalue weighted by Crippen LogP contribution is 2.11. The lowest BCUT2D eigenvalue weighted by Gasteiger charge is -2.25. The summed E-state index contributed by atoms with van der Waals surface area (Å²) < 4.78 is 9.26. The van der Waals surface area contributed by atoms with Gasteiger partial charge in [0.15, 0.2) is 0 Å². The predicted molar refractivity (Wildman–Crippen MR) is 82.2 cm³/mol. The maximum atomic E-state index is 12.3. The minimum atomic E-state index is -1.00. The molecule has 0 heterocycles. The lowest BCUT2D eigenvalue weighted by Crippen LogP contribution is -2.54. The predicted octanol–water partition coefficient (Wildman–Crippen LogP) is 0.00410. The zero-order chi connectivity index (χ0) is 18.2. The first kappa shape index (κ1) is 20.9. The van der Waals surface area contributed by atoms with Gasteiger partial charge in [0.2, 0.25) is 11.8 Å². The van der Waals surface area contributed by atoms with Gasteiger partial charge in [-0.3, -0.25) is 14.4 Å². The Morgan fingerprint density at radius 2 is 1.43 bits per heavy atom. The van der Waals surface area contributed by atoms with E-state index in [0.717, 1.165) is 0 Å². The number of rotatable bonds is 8. The lowest BCUT2D eigenvalue weighted by atomic mass is 9.99. The van der Waals surface area contributed by atoms with Gasteiger partial charge in [-0.05, 0) is 12.3 Å². The Kier molecular flexibility index (Phi) is 8.90. The zero-order valence-electron chi connectivity index (χ0n) is 14.5. The third-order valence-electron chi connectivity index (χ3n) is 3.30. The van der Waals surface area contributed by atoms with E-state index < -0.39 is 35.8 Å². The van der Waals surface area contributed by atoms with Crippen molar-refractivity contribution in [3.63, 3.8) is 0 Å². The lowest BCUT2D eigenvalue weighted by molar-refractivity contribution is -0.149. The minimum absolute atomic E-state index is 0.0377. The number of nitrogens with one attached hydrogen (secondary N) is 2. The Labute approximate surface area is 136 Å². The molecule has 0 saturated heterocycles. The first-order valence-electron chi connectivity index (χ1n) is 7.37. The van der Waals surface area contributed by atoms with Crippen molar-refractivity contribution >= 4 is 23.8 Å². The van der Waals surface area contributed by atoms with Crippen molar-refractivity contribution in [3.8, 4) is 0 Å². The first-order chi connectivity index (χ1) is 10.6. The molecule has 0 aliphatic heterocycles. The average Bonchev–Trinajstić information content (AvgIpc) is 2.49. The summed E-state index contributed by atoms with van der Waals surface area (Å²) in [6.45, 7) is 6.43. The third kappa shape index (κ3) is 7.12. The smallest absolute Gasteiger partial charge is 0.328 e. The average molecular weight is 330 g/mol. The number of hydrogen-bond donors (Lipinski definition) is 2. The summed E-state index contributed by atoms with van der Waals surface area (Å²) in [4.78, 5) is 46.8. The van der Waals surface area contributed by atoms with Crippen LogP contribution in [0.25, 0.3) is 0 Å². The molecule has 0 aromatic rings. The van der Waals surface area contributed by atoms with E-state index >= 15 is 0 Å². The van der Waals surface area contributed by atoms with Crippen molar-refractivity contribution in [2.24, 2.45) is 11.8 Å². The fraction of sp³-hybridized carbons (Fsp3) is 0.733. The molecule has 0 saturated carbocycles. The second-order valence-electron chi connectivity index (χ2n) is 5.67. The van der Waals surface area contributed by atoms with Crippen molar-refractivity contribution in [2.45, 2.75) is 46.2 Å². The maximum absolute atomic E-state index is 12.3. The normalized spacial score (nSPS) is 14.4. The Hall–Kier alpha value is -2.12. The van der Waals surface area contributed by atoms with E-state index in [1.807, 2.05) is 0 Å². The van der Waals surface area contributed by atoms with Crippen LogP contribution in [0.3, 0.4) is 0 Å². The summed E-state index contributed by atoms with van der Waals surface area (Å²) in [6, 6.07) is -1.79. The van der Waals surface area contributed by atoms with Crippen LogP contribution in [0.5, 0.6) is 0 Å². The van der Waals surface area contributed by atoms with Crippen LogP contribution in [0, 0.1) is 11.8 Å². The molecule has 0 rings (SSSR count). The second-order valence-corrected chi connectivity index (χ2v) is 5.67. The van der Waals surface area contributed by atoms with Crippen molar-refractivity contribution in [1.29, 1.82) is 0 Å². The second kappa shape index (κ2) is 9.81. The summed E-state index contributed by atoms with van der Waals surface area (Å²) in [5.74, 6) is -2.79. The number of ether oxygens (including phenoxy) is 2. The van der Waals surface area contributed by atoms with Crippen molar-refractivity contribution in [1.82, 2.24) is 10.6 Å². The monoisotopic (exact) mass is 330 g/mol. The van der Waals surface area contributed by atoms with Crippen LogP contribution in [0.15, 0.2) is 0 Å². The van der Waals surface area contributed by atoms with Gasteiger partial charge in [0.25, 0.3) is 0 Å². The van der Waals surface area contributed by atoms with Gasteiger partial charge >= 0.3 is 11.9 Å². The summed E-state index contributed by atoms with van der Waals surface area (Å²) >= 11 is 0. The van der Waals surface area contributed by atoms with E-state index in [1.165, 1.54) is 21.1 Å². The Morgan fingerprint density at radius 1 is 0.913 bits per heavy atom. The Balaban J connectivity index is 5.06. The van der Waals surface area contributed by atoms with Gasteiger partial charge in [-0.15, -0.1) is 0 Å². The Morgan fingerprint density at radius 3 is 1.83 bits per heavy atom. The molecule has 3 atom stereocenters. The van der Waals surface area contributed by atoms with Crippen LogP contribution in [-0.2, 0) is 28.7 Å². The topological polar surface area (TPSA) is 111 Å². The van der Waals surface area contributed by atoms with E-state index in [4.69, 9.17) is 0 Å². The molecule has 2 N–H and O–H groups in total. The molecule has 132 valence electrons. The van der Waals surface area contributed by atoms with Crippen molar-refractivity contribution < 1.29 is 28.7 Å². The van der Waals surface area contributed by atoms with Crippen molar-refractivity contribution in [2.75, 3.05) is 14.2 Å². The van der Waals surface area contributed by atoms with E-state index in [0.29, 0.717) is 0 Å². The van der Waals surface area contributed by atoms with Crippen LogP contribution in [0.2, 0.25) is 0 Å². The summed E-state index contributed by atoms with van der Waals surface area (Å²) in [7, 11) is 2.44. The van der Waals surface area contributed by atoms with E-state index in [9.17, 15) is 19.2 Å². The van der Waals surface area contributed by atoms with Gasteiger partial charge in [0.1, 0.15) is 12.1 Å². The van der Waals surface area contributed by atoms with E-state index in [-0.39, 0.29) is 18.2 Å². The molecule has 0 radical (unpaired) electrons. The number of carbonyl (C=O) groups excluding carboxylic acids is 4. The number of hydrogen-bond acceptors (Lipinski definition) is 6. The van der Waals surface area contributed by atoms with E-state index in [2.05, 4.69) is 20.1 Å². The third-order valence-corrected chi connectivity index (χ3v) is 3.30. The van der Waals surface area contributed by atoms with Crippen LogP contribution in [0.4, 0.5) is 0 Å². The molecule has 0 unspecified atom stereocenters. The van der Waals surface area contributed by atoms with Crippen LogP contribution in [0.1, 0.15) is 34.1 Å². The number of esters is 2. The molecular weight excluding hydrogens is 304 g/mol. The molecule has 23 heavy (non-hydrogen) atoms. The quantitative estimate of drug-likeness (QED) is 0.606. The molecule has 0 spiro atoms. The summed E-state index contributed by atoms with van der Waals surface area (Å²) in [5.41, 5.74) is 0. The first-order valence-corrected chi connectivity index (χ1v) is 7.37. The van der Waals surface area contributed by atoms with Gasteiger partial charge in [0, 0.05) is 6.92 Å². The SMILES string of the molecule is COC(=O)[C@H](C[C@H](C)C(=O)OC)NC(=O)[C@H](NC(C)=O)C(C)C. The molecule has 0 aromatic carbocycles. The summed E-state index contributed by atoms with van der Waals surface area (Å²) in [6.07, 6.45) is 0.0377. The Bertz CT molecular complexity index is 449. The van der Waals surface area contributed by atoms with Gasteiger partial charge < -0.3 is 20.1 Å². The van der Waals surface area contributed by atoms with E-state index in [1.54, 1.807) is 20.8 Å². The van der Waals surface area contributed by atoms with Crippen LogP contribution in [-0.4, -0.2) is 50.1 Å². The fourth-order valence-corrected chi connectivity index (χ4v) is 2.02. The largest absolute Gasteiger partial charge is 0.469 e.